The van der Waals surface area contributed by atoms with Crippen molar-refractivity contribution in [1.82, 2.24) is 10.6 Å². The van der Waals surface area contributed by atoms with Gasteiger partial charge in [0.05, 0.1) is 0 Å². The van der Waals surface area contributed by atoms with Gasteiger partial charge in [-0.05, 0) is 68.6 Å². The van der Waals surface area contributed by atoms with Gasteiger partial charge in [-0.3, -0.25) is 4.99 Å². The second kappa shape index (κ2) is 12.4. The first-order valence-corrected chi connectivity index (χ1v) is 10.4. The van der Waals surface area contributed by atoms with E-state index in [4.69, 9.17) is 9.47 Å². The van der Waals surface area contributed by atoms with Gasteiger partial charge in [0.25, 0.3) is 0 Å². The minimum Gasteiger partial charge on any atom is -0.381 e. The number of guanidine groups is 1. The number of ether oxygens (including phenoxy) is 2. The predicted molar refractivity (Wildman–Crippen MR) is 117 cm³/mol. The molecule has 152 valence electrons. The van der Waals surface area contributed by atoms with Crippen molar-refractivity contribution in [2.24, 2.45) is 28.7 Å². The fourth-order valence-electron chi connectivity index (χ4n) is 4.87. The standard InChI is InChI=1S/C20H37N3O2.HI/c1-21-20(23-9-5-19-14-17-3-4-18(19)13-17)22-8-2-10-25-15-16-6-11-24-12-7-16;/h16-19H,2-15H2,1H3,(H2,21,22,23);1H. The third-order valence-corrected chi connectivity index (χ3v) is 6.37. The molecular formula is C20H38IN3O2. The monoisotopic (exact) mass is 479 g/mol. The normalized spacial score (nSPS) is 28.8. The fraction of sp³-hybridized carbons (Fsp3) is 0.950. The summed E-state index contributed by atoms with van der Waals surface area (Å²) >= 11 is 0. The van der Waals surface area contributed by atoms with Crippen LogP contribution in [0.4, 0.5) is 0 Å². The van der Waals surface area contributed by atoms with Crippen molar-refractivity contribution >= 4 is 29.9 Å². The molecule has 0 amide bonds. The summed E-state index contributed by atoms with van der Waals surface area (Å²) in [5, 5.41) is 6.89. The van der Waals surface area contributed by atoms with Crippen LogP contribution in [0.2, 0.25) is 0 Å². The molecule has 2 aliphatic carbocycles. The highest BCUT2D eigenvalue weighted by Gasteiger charge is 2.38. The quantitative estimate of drug-likeness (QED) is 0.230. The van der Waals surface area contributed by atoms with E-state index < -0.39 is 0 Å². The molecule has 5 nitrogen and oxygen atoms in total. The van der Waals surface area contributed by atoms with E-state index in [1.54, 1.807) is 0 Å². The molecule has 2 bridgehead atoms. The molecule has 3 rings (SSSR count). The smallest absolute Gasteiger partial charge is 0.190 e. The van der Waals surface area contributed by atoms with Crippen LogP contribution in [0.5, 0.6) is 0 Å². The number of hydrogen-bond acceptors (Lipinski definition) is 3. The second-order valence-corrected chi connectivity index (χ2v) is 8.13. The van der Waals surface area contributed by atoms with Gasteiger partial charge in [-0.15, -0.1) is 24.0 Å². The zero-order chi connectivity index (χ0) is 17.3. The first-order chi connectivity index (χ1) is 12.3. The van der Waals surface area contributed by atoms with Crippen molar-refractivity contribution in [2.75, 3.05) is 46.6 Å². The highest BCUT2D eigenvalue weighted by Crippen LogP contribution is 2.49. The molecule has 1 heterocycles. The molecule has 2 saturated carbocycles. The molecule has 0 aromatic carbocycles. The number of halogens is 1. The van der Waals surface area contributed by atoms with E-state index in [2.05, 4.69) is 15.6 Å². The van der Waals surface area contributed by atoms with E-state index in [-0.39, 0.29) is 24.0 Å². The van der Waals surface area contributed by atoms with Gasteiger partial charge in [-0.25, -0.2) is 0 Å². The van der Waals surface area contributed by atoms with Crippen molar-refractivity contribution < 1.29 is 9.47 Å². The maximum absolute atomic E-state index is 5.81. The van der Waals surface area contributed by atoms with Gasteiger partial charge >= 0.3 is 0 Å². The number of hydrogen-bond donors (Lipinski definition) is 2. The number of aliphatic imine (C=N–C) groups is 1. The minimum atomic E-state index is 0. The van der Waals surface area contributed by atoms with Crippen molar-refractivity contribution in [3.8, 4) is 0 Å². The average molecular weight is 479 g/mol. The third-order valence-electron chi connectivity index (χ3n) is 6.37. The largest absolute Gasteiger partial charge is 0.381 e. The van der Waals surface area contributed by atoms with E-state index in [1.165, 1.54) is 32.1 Å². The number of rotatable bonds is 9. The Kier molecular flexibility index (Phi) is 10.6. The van der Waals surface area contributed by atoms with Crippen LogP contribution in [0, 0.1) is 23.7 Å². The summed E-state index contributed by atoms with van der Waals surface area (Å²) in [6.07, 6.45) is 10.6. The van der Waals surface area contributed by atoms with Gasteiger partial charge in [0, 0.05) is 46.6 Å². The first kappa shape index (κ1) is 22.2. The van der Waals surface area contributed by atoms with E-state index in [0.29, 0.717) is 5.92 Å². The van der Waals surface area contributed by atoms with Crippen LogP contribution >= 0.6 is 24.0 Å². The maximum atomic E-state index is 5.81. The summed E-state index contributed by atoms with van der Waals surface area (Å²) in [4.78, 5) is 4.33. The van der Waals surface area contributed by atoms with Crippen LogP contribution in [0.25, 0.3) is 0 Å². The molecule has 0 aromatic rings. The minimum absolute atomic E-state index is 0. The summed E-state index contributed by atoms with van der Waals surface area (Å²) in [7, 11) is 1.86. The number of nitrogens with zero attached hydrogens (tertiary/aromatic N) is 1. The molecule has 1 saturated heterocycles. The molecule has 3 atom stereocenters. The summed E-state index contributed by atoms with van der Waals surface area (Å²) in [5.41, 5.74) is 0. The Hall–Kier alpha value is -0.0800. The Morgan fingerprint density at radius 3 is 2.58 bits per heavy atom. The lowest BCUT2D eigenvalue weighted by Gasteiger charge is -2.22. The van der Waals surface area contributed by atoms with Gasteiger partial charge in [0.1, 0.15) is 0 Å². The van der Waals surface area contributed by atoms with E-state index >= 15 is 0 Å². The Bertz CT molecular complexity index is 416. The third kappa shape index (κ3) is 7.15. The fourth-order valence-corrected chi connectivity index (χ4v) is 4.87. The lowest BCUT2D eigenvalue weighted by Crippen LogP contribution is -2.39. The van der Waals surface area contributed by atoms with E-state index in [0.717, 1.165) is 82.5 Å². The summed E-state index contributed by atoms with van der Waals surface area (Å²) in [6, 6.07) is 0. The summed E-state index contributed by atoms with van der Waals surface area (Å²) in [6.45, 7) is 5.49. The second-order valence-electron chi connectivity index (χ2n) is 8.13. The molecule has 6 heteroatoms. The average Bonchev–Trinajstić information content (AvgIpc) is 3.27. The molecule has 3 aliphatic rings. The molecule has 2 N–H and O–H groups in total. The Morgan fingerprint density at radius 1 is 1.08 bits per heavy atom. The van der Waals surface area contributed by atoms with Gasteiger partial charge in [0.2, 0.25) is 0 Å². The van der Waals surface area contributed by atoms with Crippen molar-refractivity contribution in [1.29, 1.82) is 0 Å². The predicted octanol–water partition coefficient (Wildman–Crippen LogP) is 3.43. The van der Waals surface area contributed by atoms with Gasteiger partial charge in [0.15, 0.2) is 5.96 Å². The van der Waals surface area contributed by atoms with Crippen LogP contribution < -0.4 is 10.6 Å². The molecule has 3 unspecified atom stereocenters. The van der Waals surface area contributed by atoms with Crippen molar-refractivity contribution in [3.63, 3.8) is 0 Å². The van der Waals surface area contributed by atoms with E-state index in [9.17, 15) is 0 Å². The molecule has 0 radical (unpaired) electrons. The molecular weight excluding hydrogens is 441 g/mol. The molecule has 26 heavy (non-hydrogen) atoms. The highest BCUT2D eigenvalue weighted by atomic mass is 127. The SMILES string of the molecule is CN=C(NCCCOCC1CCOCC1)NCCC1CC2CCC1C2.I. The van der Waals surface area contributed by atoms with Crippen LogP contribution in [0.15, 0.2) is 4.99 Å². The zero-order valence-corrected chi connectivity index (χ0v) is 18.7. The van der Waals surface area contributed by atoms with Crippen LogP contribution in [-0.2, 0) is 9.47 Å². The maximum Gasteiger partial charge on any atom is 0.190 e. The lowest BCUT2D eigenvalue weighted by molar-refractivity contribution is 0.0203. The Balaban J connectivity index is 0.00000243. The van der Waals surface area contributed by atoms with Gasteiger partial charge in [-0.1, -0.05) is 6.42 Å². The number of fused-ring (bicyclic) bond motifs is 2. The van der Waals surface area contributed by atoms with Crippen LogP contribution in [-0.4, -0.2) is 52.5 Å². The zero-order valence-electron chi connectivity index (χ0n) is 16.4. The first-order valence-electron chi connectivity index (χ1n) is 10.4. The number of nitrogens with one attached hydrogen (secondary N) is 2. The molecule has 1 aliphatic heterocycles. The lowest BCUT2D eigenvalue weighted by atomic mass is 9.86. The summed E-state index contributed by atoms with van der Waals surface area (Å²) < 4.78 is 11.2. The van der Waals surface area contributed by atoms with Crippen molar-refractivity contribution in [2.45, 2.75) is 51.4 Å². The Labute approximate surface area is 176 Å². The van der Waals surface area contributed by atoms with Crippen LogP contribution in [0.1, 0.15) is 51.4 Å². The topological polar surface area (TPSA) is 54.9 Å². The van der Waals surface area contributed by atoms with Gasteiger partial charge in [-0.2, -0.15) is 0 Å². The highest BCUT2D eigenvalue weighted by molar-refractivity contribution is 14.0. The van der Waals surface area contributed by atoms with Gasteiger partial charge < -0.3 is 20.1 Å². The Morgan fingerprint density at radius 2 is 1.88 bits per heavy atom. The van der Waals surface area contributed by atoms with Crippen molar-refractivity contribution in [3.05, 3.63) is 0 Å². The van der Waals surface area contributed by atoms with Crippen LogP contribution in [0.3, 0.4) is 0 Å². The molecule has 0 spiro atoms. The van der Waals surface area contributed by atoms with E-state index in [1.807, 2.05) is 7.05 Å². The molecule has 3 fully saturated rings. The summed E-state index contributed by atoms with van der Waals surface area (Å²) in [5.74, 6) is 4.67. The molecule has 0 aromatic heterocycles.